The lowest BCUT2D eigenvalue weighted by Crippen LogP contribution is -2.30. The van der Waals surface area contributed by atoms with Gasteiger partial charge >= 0.3 is 0 Å². The molecule has 25 heavy (non-hydrogen) atoms. The number of pyridine rings is 1. The van der Waals surface area contributed by atoms with Crippen LogP contribution in [0.1, 0.15) is 40.4 Å². The molecule has 0 fully saturated rings. The Morgan fingerprint density at radius 3 is 2.48 bits per heavy atom. The van der Waals surface area contributed by atoms with Crippen LogP contribution in [0.2, 0.25) is 0 Å². The van der Waals surface area contributed by atoms with E-state index >= 15 is 0 Å². The van der Waals surface area contributed by atoms with Crippen LogP contribution in [0.25, 0.3) is 0 Å². The molecule has 0 radical (unpaired) electrons. The molecule has 0 bridgehead atoms. The van der Waals surface area contributed by atoms with Gasteiger partial charge in [0.05, 0.1) is 6.04 Å². The first-order valence-electron chi connectivity index (χ1n) is 9.08. The van der Waals surface area contributed by atoms with Crippen LogP contribution in [0.15, 0.2) is 61.1 Å². The maximum absolute atomic E-state index is 4.17. The third-order valence-electron chi connectivity index (χ3n) is 5.30. The lowest BCUT2D eigenvalue weighted by atomic mass is 9.92. The van der Waals surface area contributed by atoms with Crippen molar-refractivity contribution >= 4 is 0 Å². The molecule has 3 heteroatoms. The Labute approximate surface area is 149 Å². The molecule has 0 amide bonds. The van der Waals surface area contributed by atoms with Gasteiger partial charge in [0, 0.05) is 43.9 Å². The standard InChI is InChI=1S/C22H25N3/c1-17-6-3-7-18(2)21(17)22-20-8-4-13-24(20)14-5-15-25(22)16-19-9-11-23-12-10-19/h3-4,6-13,22H,5,14-16H2,1-2H3. The summed E-state index contributed by atoms with van der Waals surface area (Å²) < 4.78 is 2.43. The fourth-order valence-corrected chi connectivity index (χ4v) is 4.12. The van der Waals surface area contributed by atoms with E-state index in [1.54, 1.807) is 0 Å². The topological polar surface area (TPSA) is 21.1 Å². The fraction of sp³-hybridized carbons (Fsp3) is 0.318. The second-order valence-corrected chi connectivity index (χ2v) is 7.01. The summed E-state index contributed by atoms with van der Waals surface area (Å²) in [4.78, 5) is 6.80. The molecule has 3 aromatic rings. The van der Waals surface area contributed by atoms with Crippen molar-refractivity contribution in [3.05, 3.63) is 89.0 Å². The molecule has 3 heterocycles. The van der Waals surface area contributed by atoms with Crippen molar-refractivity contribution in [1.29, 1.82) is 0 Å². The summed E-state index contributed by atoms with van der Waals surface area (Å²) in [5, 5.41) is 0. The van der Waals surface area contributed by atoms with Crippen molar-refractivity contribution in [1.82, 2.24) is 14.5 Å². The summed E-state index contributed by atoms with van der Waals surface area (Å²) in [6, 6.07) is 15.7. The smallest absolute Gasteiger partial charge is 0.0764 e. The average Bonchev–Trinajstić information content (AvgIpc) is 3.00. The van der Waals surface area contributed by atoms with E-state index in [9.17, 15) is 0 Å². The molecule has 1 atom stereocenters. The maximum Gasteiger partial charge on any atom is 0.0764 e. The lowest BCUT2D eigenvalue weighted by molar-refractivity contribution is 0.219. The zero-order chi connectivity index (χ0) is 17.2. The number of fused-ring (bicyclic) bond motifs is 1. The number of hydrogen-bond acceptors (Lipinski definition) is 2. The molecule has 1 aliphatic rings. The minimum Gasteiger partial charge on any atom is -0.350 e. The SMILES string of the molecule is Cc1cccc(C)c1C1c2cccn2CCCN1Cc1ccncc1. The van der Waals surface area contributed by atoms with Crippen molar-refractivity contribution in [2.75, 3.05) is 6.54 Å². The van der Waals surface area contributed by atoms with E-state index in [0.29, 0.717) is 6.04 Å². The Hall–Kier alpha value is -2.39. The van der Waals surface area contributed by atoms with Crippen LogP contribution in [-0.4, -0.2) is 21.0 Å². The molecule has 0 aliphatic carbocycles. The van der Waals surface area contributed by atoms with Gasteiger partial charge in [-0.3, -0.25) is 9.88 Å². The van der Waals surface area contributed by atoms with Crippen LogP contribution in [0.3, 0.4) is 0 Å². The zero-order valence-corrected chi connectivity index (χ0v) is 15.0. The summed E-state index contributed by atoms with van der Waals surface area (Å²) in [6.45, 7) is 7.63. The highest BCUT2D eigenvalue weighted by Crippen LogP contribution is 2.36. The van der Waals surface area contributed by atoms with Gasteiger partial charge in [0.25, 0.3) is 0 Å². The Kier molecular flexibility index (Phi) is 4.41. The van der Waals surface area contributed by atoms with Crippen molar-refractivity contribution in [2.24, 2.45) is 0 Å². The largest absolute Gasteiger partial charge is 0.350 e. The number of rotatable bonds is 3. The lowest BCUT2D eigenvalue weighted by Gasteiger charge is -2.32. The van der Waals surface area contributed by atoms with Crippen LogP contribution < -0.4 is 0 Å². The summed E-state index contributed by atoms with van der Waals surface area (Å²) in [5.41, 5.74) is 6.94. The Morgan fingerprint density at radius 2 is 1.72 bits per heavy atom. The molecule has 3 nitrogen and oxygen atoms in total. The number of aryl methyl sites for hydroxylation is 3. The van der Waals surface area contributed by atoms with E-state index in [1.807, 2.05) is 12.4 Å². The van der Waals surface area contributed by atoms with Gasteiger partial charge in [0.15, 0.2) is 0 Å². The summed E-state index contributed by atoms with van der Waals surface area (Å²) in [6.07, 6.45) is 7.19. The summed E-state index contributed by atoms with van der Waals surface area (Å²) in [5.74, 6) is 0. The average molecular weight is 331 g/mol. The highest BCUT2D eigenvalue weighted by Gasteiger charge is 2.29. The summed E-state index contributed by atoms with van der Waals surface area (Å²) in [7, 11) is 0. The molecule has 1 aliphatic heterocycles. The monoisotopic (exact) mass is 331 g/mol. The van der Waals surface area contributed by atoms with Gasteiger partial charge in [-0.1, -0.05) is 18.2 Å². The van der Waals surface area contributed by atoms with E-state index in [2.05, 4.69) is 77.0 Å². The first-order valence-corrected chi connectivity index (χ1v) is 9.08. The van der Waals surface area contributed by atoms with E-state index in [-0.39, 0.29) is 0 Å². The molecule has 128 valence electrons. The molecular formula is C22H25N3. The van der Waals surface area contributed by atoms with Crippen molar-refractivity contribution in [3.63, 3.8) is 0 Å². The Balaban J connectivity index is 1.81. The van der Waals surface area contributed by atoms with Crippen molar-refractivity contribution in [3.8, 4) is 0 Å². The van der Waals surface area contributed by atoms with Gasteiger partial charge in [0.1, 0.15) is 0 Å². The van der Waals surface area contributed by atoms with E-state index in [1.165, 1.54) is 34.4 Å². The first kappa shape index (κ1) is 16.1. The highest BCUT2D eigenvalue weighted by atomic mass is 15.2. The van der Waals surface area contributed by atoms with Crippen LogP contribution in [0.4, 0.5) is 0 Å². The molecule has 1 unspecified atom stereocenters. The van der Waals surface area contributed by atoms with Crippen molar-refractivity contribution in [2.45, 2.75) is 39.4 Å². The Bertz CT molecular complexity index is 830. The van der Waals surface area contributed by atoms with Gasteiger partial charge in [-0.2, -0.15) is 0 Å². The van der Waals surface area contributed by atoms with E-state index < -0.39 is 0 Å². The van der Waals surface area contributed by atoms with Gasteiger partial charge in [-0.05, 0) is 66.8 Å². The molecule has 0 saturated carbocycles. The molecule has 0 N–H and O–H groups in total. The van der Waals surface area contributed by atoms with Crippen LogP contribution >= 0.6 is 0 Å². The maximum atomic E-state index is 4.17. The number of hydrogen-bond donors (Lipinski definition) is 0. The molecule has 1 aromatic carbocycles. The third kappa shape index (κ3) is 3.12. The molecular weight excluding hydrogens is 306 g/mol. The molecule has 2 aromatic heterocycles. The van der Waals surface area contributed by atoms with Gasteiger partial charge < -0.3 is 4.57 Å². The Morgan fingerprint density at radius 1 is 0.960 bits per heavy atom. The normalized spacial score (nSPS) is 17.9. The van der Waals surface area contributed by atoms with Crippen LogP contribution in [-0.2, 0) is 13.1 Å². The minimum atomic E-state index is 0.298. The highest BCUT2D eigenvalue weighted by molar-refractivity contribution is 5.41. The van der Waals surface area contributed by atoms with Gasteiger partial charge in [-0.25, -0.2) is 0 Å². The number of aromatic nitrogens is 2. The van der Waals surface area contributed by atoms with Crippen LogP contribution in [0.5, 0.6) is 0 Å². The number of nitrogens with zero attached hydrogens (tertiary/aromatic N) is 3. The molecule has 0 saturated heterocycles. The second kappa shape index (κ2) is 6.85. The predicted octanol–water partition coefficient (Wildman–Crippen LogP) is 4.50. The molecule has 4 rings (SSSR count). The predicted molar refractivity (Wildman–Crippen MR) is 101 cm³/mol. The van der Waals surface area contributed by atoms with Crippen molar-refractivity contribution < 1.29 is 0 Å². The van der Waals surface area contributed by atoms with Crippen LogP contribution in [0, 0.1) is 13.8 Å². The third-order valence-corrected chi connectivity index (χ3v) is 5.30. The quantitative estimate of drug-likeness (QED) is 0.705. The number of benzene rings is 1. The van der Waals surface area contributed by atoms with E-state index in [4.69, 9.17) is 0 Å². The minimum absolute atomic E-state index is 0.298. The second-order valence-electron chi connectivity index (χ2n) is 7.01. The van der Waals surface area contributed by atoms with Gasteiger partial charge in [0.2, 0.25) is 0 Å². The van der Waals surface area contributed by atoms with E-state index in [0.717, 1.165) is 19.6 Å². The first-order chi connectivity index (χ1) is 12.2. The molecule has 0 spiro atoms. The zero-order valence-electron chi connectivity index (χ0n) is 15.0. The fourth-order valence-electron chi connectivity index (χ4n) is 4.12. The van der Waals surface area contributed by atoms with Gasteiger partial charge in [-0.15, -0.1) is 0 Å². The summed E-state index contributed by atoms with van der Waals surface area (Å²) >= 11 is 0.